The standard InChI is InChI=1S/C21H19ClFN3O5/c22-11-2-1-10(15(23)5-11)7-24-20(29)14-8-25-9-16-26(12-3-4-13(6-12)31-16)21(30)17(25)19(28)18(14)27/h1-2,5,8,12-13,16,28H,3-4,6-7,9H2,(H,24,29). The van der Waals surface area contributed by atoms with Gasteiger partial charge in [0.25, 0.3) is 11.8 Å². The van der Waals surface area contributed by atoms with Crippen LogP contribution in [0.2, 0.25) is 5.02 Å². The number of hydrogen-bond donors (Lipinski definition) is 2. The van der Waals surface area contributed by atoms with Crippen LogP contribution in [0.5, 0.6) is 5.75 Å². The number of hydrogen-bond acceptors (Lipinski definition) is 5. The van der Waals surface area contributed by atoms with Crippen LogP contribution < -0.4 is 10.7 Å². The van der Waals surface area contributed by atoms with E-state index < -0.39 is 35.0 Å². The molecule has 2 bridgehead atoms. The molecule has 162 valence electrons. The summed E-state index contributed by atoms with van der Waals surface area (Å²) in [6.07, 6.45) is 3.26. The topological polar surface area (TPSA) is 101 Å². The fraction of sp³-hybridized carbons (Fsp3) is 0.381. The molecule has 3 heterocycles. The number of aromatic hydroxyl groups is 1. The van der Waals surface area contributed by atoms with E-state index >= 15 is 0 Å². The van der Waals surface area contributed by atoms with Crippen LogP contribution in [0.4, 0.5) is 4.39 Å². The van der Waals surface area contributed by atoms with E-state index in [9.17, 15) is 23.9 Å². The first-order valence-electron chi connectivity index (χ1n) is 10.00. The highest BCUT2D eigenvalue weighted by atomic mass is 35.5. The molecule has 2 fully saturated rings. The second-order valence-electron chi connectivity index (χ2n) is 8.03. The van der Waals surface area contributed by atoms with Gasteiger partial charge in [-0.05, 0) is 31.4 Å². The van der Waals surface area contributed by atoms with Gasteiger partial charge in [0, 0.05) is 29.4 Å². The maximum absolute atomic E-state index is 13.9. The zero-order valence-corrected chi connectivity index (χ0v) is 17.1. The number of benzene rings is 1. The molecule has 1 aromatic heterocycles. The Morgan fingerprint density at radius 3 is 2.90 bits per heavy atom. The Kier molecular flexibility index (Phi) is 4.75. The molecule has 10 heteroatoms. The molecule has 1 aromatic carbocycles. The van der Waals surface area contributed by atoms with Crippen molar-refractivity contribution in [2.24, 2.45) is 0 Å². The molecule has 2 aliphatic heterocycles. The fourth-order valence-electron chi connectivity index (χ4n) is 4.65. The van der Waals surface area contributed by atoms with Crippen molar-refractivity contribution in [3.05, 3.63) is 62.3 Å². The third-order valence-corrected chi connectivity index (χ3v) is 6.39. The molecule has 31 heavy (non-hydrogen) atoms. The summed E-state index contributed by atoms with van der Waals surface area (Å²) >= 11 is 5.72. The second-order valence-corrected chi connectivity index (χ2v) is 8.47. The first-order chi connectivity index (χ1) is 14.8. The van der Waals surface area contributed by atoms with Crippen LogP contribution in [0.3, 0.4) is 0 Å². The molecule has 1 aliphatic carbocycles. The Labute approximate surface area is 181 Å². The normalized spacial score (nSPS) is 24.0. The van der Waals surface area contributed by atoms with E-state index in [1.165, 1.54) is 22.9 Å². The third-order valence-electron chi connectivity index (χ3n) is 6.16. The van der Waals surface area contributed by atoms with Crippen LogP contribution in [0.1, 0.15) is 45.7 Å². The minimum absolute atomic E-state index is 0.0248. The van der Waals surface area contributed by atoms with Crippen LogP contribution >= 0.6 is 11.6 Å². The maximum atomic E-state index is 13.9. The lowest BCUT2D eigenvalue weighted by Crippen LogP contribution is -2.57. The minimum Gasteiger partial charge on any atom is -0.503 e. The molecule has 3 aliphatic rings. The molecule has 2 N–H and O–H groups in total. The summed E-state index contributed by atoms with van der Waals surface area (Å²) in [5, 5.41) is 13.2. The molecule has 8 nitrogen and oxygen atoms in total. The molecule has 1 saturated heterocycles. The Morgan fingerprint density at radius 2 is 2.13 bits per heavy atom. The van der Waals surface area contributed by atoms with E-state index in [0.717, 1.165) is 25.3 Å². The van der Waals surface area contributed by atoms with Crippen molar-refractivity contribution in [1.29, 1.82) is 0 Å². The van der Waals surface area contributed by atoms with Crippen LogP contribution in [0.15, 0.2) is 29.2 Å². The summed E-state index contributed by atoms with van der Waals surface area (Å²) in [6.45, 7) is 0.0274. The molecule has 2 amide bonds. The largest absolute Gasteiger partial charge is 0.503 e. The number of aromatic nitrogens is 1. The van der Waals surface area contributed by atoms with Crippen molar-refractivity contribution >= 4 is 23.4 Å². The number of fused-ring (bicyclic) bond motifs is 5. The van der Waals surface area contributed by atoms with Gasteiger partial charge in [-0.15, -0.1) is 0 Å². The lowest BCUT2D eigenvalue weighted by atomic mass is 10.1. The van der Waals surface area contributed by atoms with Crippen molar-refractivity contribution < 1.29 is 23.8 Å². The Bertz CT molecular complexity index is 1170. The molecule has 0 spiro atoms. The smallest absolute Gasteiger partial charge is 0.276 e. The number of pyridine rings is 1. The quantitative estimate of drug-likeness (QED) is 0.749. The summed E-state index contributed by atoms with van der Waals surface area (Å²) in [6, 6.07) is 4.06. The zero-order chi connectivity index (χ0) is 21.9. The van der Waals surface area contributed by atoms with Crippen molar-refractivity contribution in [2.75, 3.05) is 0 Å². The lowest BCUT2D eigenvalue weighted by molar-refractivity contribution is -0.132. The number of nitrogens with one attached hydrogen (secondary N) is 1. The highest BCUT2D eigenvalue weighted by Crippen LogP contribution is 2.38. The SMILES string of the molecule is O=C(NCc1ccc(Cl)cc1F)c1cn2c(c(O)c1=O)C(=O)N1C3CCC(C3)OC1C2. The number of carbonyl (C=O) groups excluding carboxylic acids is 2. The summed E-state index contributed by atoms with van der Waals surface area (Å²) in [5.41, 5.74) is -1.24. The van der Waals surface area contributed by atoms with Gasteiger partial charge in [-0.3, -0.25) is 14.4 Å². The van der Waals surface area contributed by atoms with Gasteiger partial charge < -0.3 is 24.6 Å². The van der Waals surface area contributed by atoms with Gasteiger partial charge in [0.15, 0.2) is 17.7 Å². The van der Waals surface area contributed by atoms with Crippen molar-refractivity contribution in [2.45, 2.75) is 50.7 Å². The highest BCUT2D eigenvalue weighted by Gasteiger charge is 2.47. The highest BCUT2D eigenvalue weighted by molar-refractivity contribution is 6.30. The van der Waals surface area contributed by atoms with E-state index in [4.69, 9.17) is 16.3 Å². The number of rotatable bonds is 3. The molecule has 3 unspecified atom stereocenters. The maximum Gasteiger partial charge on any atom is 0.276 e. The number of amides is 2. The van der Waals surface area contributed by atoms with E-state index in [0.29, 0.717) is 0 Å². The van der Waals surface area contributed by atoms with E-state index in [2.05, 4.69) is 5.32 Å². The molecular weight excluding hydrogens is 429 g/mol. The Balaban J connectivity index is 1.43. The summed E-state index contributed by atoms with van der Waals surface area (Å²) in [7, 11) is 0. The predicted octanol–water partition coefficient (Wildman–Crippen LogP) is 2.01. The molecular formula is C21H19ClFN3O5. The van der Waals surface area contributed by atoms with Gasteiger partial charge in [0.1, 0.15) is 11.4 Å². The number of carbonyl (C=O) groups is 2. The first-order valence-corrected chi connectivity index (χ1v) is 10.4. The summed E-state index contributed by atoms with van der Waals surface area (Å²) in [5.74, 6) is -2.63. The van der Waals surface area contributed by atoms with Crippen molar-refractivity contribution in [3.8, 4) is 5.75 Å². The Hall–Kier alpha value is -2.91. The number of ether oxygens (including phenoxy) is 1. The monoisotopic (exact) mass is 447 g/mol. The van der Waals surface area contributed by atoms with Crippen molar-refractivity contribution in [1.82, 2.24) is 14.8 Å². The zero-order valence-electron chi connectivity index (χ0n) is 16.3. The van der Waals surface area contributed by atoms with Crippen molar-refractivity contribution in [3.63, 3.8) is 0 Å². The number of nitrogens with zero attached hydrogens (tertiary/aromatic N) is 2. The number of halogens is 2. The fourth-order valence-corrected chi connectivity index (χ4v) is 4.81. The molecule has 0 radical (unpaired) electrons. The average Bonchev–Trinajstić information content (AvgIpc) is 3.10. The van der Waals surface area contributed by atoms with Gasteiger partial charge in [-0.25, -0.2) is 4.39 Å². The summed E-state index contributed by atoms with van der Waals surface area (Å²) < 4.78 is 21.3. The molecule has 2 aromatic rings. The third kappa shape index (κ3) is 3.28. The van der Waals surface area contributed by atoms with Gasteiger partial charge >= 0.3 is 0 Å². The van der Waals surface area contributed by atoms with Gasteiger partial charge in [0.05, 0.1) is 12.6 Å². The predicted molar refractivity (Wildman–Crippen MR) is 107 cm³/mol. The van der Waals surface area contributed by atoms with Crippen LogP contribution in [0, 0.1) is 5.82 Å². The lowest BCUT2D eigenvalue weighted by Gasteiger charge is -2.44. The average molecular weight is 448 g/mol. The van der Waals surface area contributed by atoms with Gasteiger partial charge in [-0.1, -0.05) is 17.7 Å². The van der Waals surface area contributed by atoms with Crippen LogP contribution in [0.25, 0.3) is 0 Å². The van der Waals surface area contributed by atoms with Gasteiger partial charge in [0.2, 0.25) is 5.43 Å². The summed E-state index contributed by atoms with van der Waals surface area (Å²) in [4.78, 5) is 39.9. The molecule has 5 rings (SSSR count). The van der Waals surface area contributed by atoms with E-state index in [1.54, 1.807) is 4.90 Å². The minimum atomic E-state index is -0.950. The Morgan fingerprint density at radius 1 is 1.32 bits per heavy atom. The molecule has 3 atom stereocenters. The molecule has 1 saturated carbocycles. The second kappa shape index (κ2) is 7.35. The van der Waals surface area contributed by atoms with Crippen LogP contribution in [-0.4, -0.2) is 44.8 Å². The first kappa shape index (κ1) is 20.0. The van der Waals surface area contributed by atoms with Gasteiger partial charge in [-0.2, -0.15) is 0 Å². The van der Waals surface area contributed by atoms with E-state index in [1.807, 2.05) is 0 Å². The van der Waals surface area contributed by atoms with E-state index in [-0.39, 0.29) is 47.1 Å². The van der Waals surface area contributed by atoms with Crippen LogP contribution in [-0.2, 0) is 17.8 Å².